The van der Waals surface area contributed by atoms with Crippen LogP contribution in [0.5, 0.6) is 0 Å². The molecule has 1 aromatic rings. The minimum Gasteiger partial charge on any atom is -0.411 e. The minimum atomic E-state index is 0.452. The van der Waals surface area contributed by atoms with Crippen molar-refractivity contribution < 1.29 is 5.21 Å². The van der Waals surface area contributed by atoms with Crippen molar-refractivity contribution in [3.63, 3.8) is 0 Å². The summed E-state index contributed by atoms with van der Waals surface area (Å²) in [7, 11) is 0. The molecule has 4 nitrogen and oxygen atoms in total. The Labute approximate surface area is 89.6 Å². The molecule has 0 bridgehead atoms. The number of oxime groups is 1. The first-order chi connectivity index (χ1) is 7.40. The van der Waals surface area contributed by atoms with Crippen molar-refractivity contribution in [3.8, 4) is 0 Å². The van der Waals surface area contributed by atoms with Crippen molar-refractivity contribution in [1.82, 2.24) is 9.78 Å². The SMILES string of the molecule is O/N=C(\Cn1cccn1)C1CCCCC1. The summed E-state index contributed by atoms with van der Waals surface area (Å²) in [5.74, 6) is 0.452. The van der Waals surface area contributed by atoms with Crippen molar-refractivity contribution in [1.29, 1.82) is 0 Å². The fourth-order valence-electron chi connectivity index (χ4n) is 2.24. The van der Waals surface area contributed by atoms with Crippen LogP contribution in [0.1, 0.15) is 32.1 Å². The summed E-state index contributed by atoms with van der Waals surface area (Å²) in [6.07, 6.45) is 9.77. The molecule has 1 fully saturated rings. The summed E-state index contributed by atoms with van der Waals surface area (Å²) in [5.41, 5.74) is 0.874. The average molecular weight is 207 g/mol. The predicted octanol–water partition coefficient (Wildman–Crippen LogP) is 2.29. The molecular formula is C11H17N3O. The van der Waals surface area contributed by atoms with Gasteiger partial charge < -0.3 is 5.21 Å². The van der Waals surface area contributed by atoms with Crippen molar-refractivity contribution in [2.24, 2.45) is 11.1 Å². The van der Waals surface area contributed by atoms with Crippen LogP contribution in [0.2, 0.25) is 0 Å². The number of aromatic nitrogens is 2. The third kappa shape index (κ3) is 2.58. The molecular weight excluding hydrogens is 190 g/mol. The van der Waals surface area contributed by atoms with Gasteiger partial charge in [-0.05, 0) is 18.9 Å². The first kappa shape index (κ1) is 10.2. The van der Waals surface area contributed by atoms with Gasteiger partial charge in [-0.2, -0.15) is 5.10 Å². The van der Waals surface area contributed by atoms with Crippen LogP contribution >= 0.6 is 0 Å². The Morgan fingerprint density at radius 2 is 2.20 bits per heavy atom. The second-order valence-electron chi connectivity index (χ2n) is 4.13. The van der Waals surface area contributed by atoms with Crippen LogP contribution in [-0.4, -0.2) is 20.7 Å². The lowest BCUT2D eigenvalue weighted by atomic mass is 9.86. The highest BCUT2D eigenvalue weighted by atomic mass is 16.4. The van der Waals surface area contributed by atoms with E-state index in [0.29, 0.717) is 12.5 Å². The summed E-state index contributed by atoms with van der Waals surface area (Å²) >= 11 is 0. The summed E-state index contributed by atoms with van der Waals surface area (Å²) in [5, 5.41) is 16.6. The number of nitrogens with zero attached hydrogens (tertiary/aromatic N) is 3. The van der Waals surface area contributed by atoms with E-state index in [-0.39, 0.29) is 0 Å². The van der Waals surface area contributed by atoms with E-state index in [4.69, 9.17) is 5.21 Å². The van der Waals surface area contributed by atoms with Crippen molar-refractivity contribution in [3.05, 3.63) is 18.5 Å². The van der Waals surface area contributed by atoms with E-state index in [1.165, 1.54) is 19.3 Å². The van der Waals surface area contributed by atoms with Crippen LogP contribution in [0.3, 0.4) is 0 Å². The molecule has 0 amide bonds. The Morgan fingerprint density at radius 3 is 2.80 bits per heavy atom. The summed E-state index contributed by atoms with van der Waals surface area (Å²) in [6.45, 7) is 0.619. The smallest absolute Gasteiger partial charge is 0.0828 e. The number of hydrogen-bond donors (Lipinski definition) is 1. The monoisotopic (exact) mass is 207 g/mol. The van der Waals surface area contributed by atoms with E-state index in [0.717, 1.165) is 18.6 Å². The van der Waals surface area contributed by atoms with E-state index in [1.807, 2.05) is 16.9 Å². The number of hydrogen-bond acceptors (Lipinski definition) is 3. The van der Waals surface area contributed by atoms with Crippen LogP contribution in [0.4, 0.5) is 0 Å². The average Bonchev–Trinajstić information content (AvgIpc) is 2.80. The van der Waals surface area contributed by atoms with Crippen LogP contribution in [0.15, 0.2) is 23.6 Å². The van der Waals surface area contributed by atoms with Crippen LogP contribution in [0.25, 0.3) is 0 Å². The van der Waals surface area contributed by atoms with E-state index >= 15 is 0 Å². The van der Waals surface area contributed by atoms with Gasteiger partial charge in [-0.3, -0.25) is 4.68 Å². The first-order valence-electron chi connectivity index (χ1n) is 5.58. The molecule has 1 aliphatic carbocycles. The van der Waals surface area contributed by atoms with Gasteiger partial charge in [-0.1, -0.05) is 24.4 Å². The van der Waals surface area contributed by atoms with E-state index in [1.54, 1.807) is 6.20 Å². The molecule has 0 saturated heterocycles. The van der Waals surface area contributed by atoms with Gasteiger partial charge in [0, 0.05) is 18.3 Å². The Kier molecular flexibility index (Phi) is 3.37. The highest BCUT2D eigenvalue weighted by molar-refractivity contribution is 5.86. The highest BCUT2D eigenvalue weighted by Crippen LogP contribution is 2.25. The molecule has 4 heteroatoms. The molecule has 0 radical (unpaired) electrons. The Bertz CT molecular complexity index is 313. The zero-order valence-electron chi connectivity index (χ0n) is 8.84. The van der Waals surface area contributed by atoms with Crippen LogP contribution < -0.4 is 0 Å². The third-order valence-corrected chi connectivity index (χ3v) is 3.09. The first-order valence-corrected chi connectivity index (χ1v) is 5.58. The zero-order chi connectivity index (χ0) is 10.5. The predicted molar refractivity (Wildman–Crippen MR) is 58.0 cm³/mol. The molecule has 1 aliphatic rings. The highest BCUT2D eigenvalue weighted by Gasteiger charge is 2.20. The fraction of sp³-hybridized carbons (Fsp3) is 0.636. The number of rotatable bonds is 3. The molecule has 0 spiro atoms. The molecule has 0 unspecified atom stereocenters. The van der Waals surface area contributed by atoms with E-state index in [9.17, 15) is 0 Å². The van der Waals surface area contributed by atoms with Gasteiger partial charge in [-0.25, -0.2) is 0 Å². The minimum absolute atomic E-state index is 0.452. The van der Waals surface area contributed by atoms with Crippen molar-refractivity contribution in [2.75, 3.05) is 0 Å². The lowest BCUT2D eigenvalue weighted by Gasteiger charge is -2.22. The van der Waals surface area contributed by atoms with Gasteiger partial charge in [0.25, 0.3) is 0 Å². The topological polar surface area (TPSA) is 50.4 Å². The van der Waals surface area contributed by atoms with E-state index in [2.05, 4.69) is 10.3 Å². The standard InChI is InChI=1S/C11H17N3O/c15-13-11(9-14-8-4-7-12-14)10-5-2-1-3-6-10/h4,7-8,10,15H,1-3,5-6,9H2/b13-11+. The summed E-state index contributed by atoms with van der Waals surface area (Å²) < 4.78 is 1.81. The molecule has 1 N–H and O–H groups in total. The molecule has 0 atom stereocenters. The van der Waals surface area contributed by atoms with E-state index < -0.39 is 0 Å². The normalized spacial score (nSPS) is 19.3. The Hall–Kier alpha value is -1.32. The maximum absolute atomic E-state index is 9.02. The maximum atomic E-state index is 9.02. The molecule has 15 heavy (non-hydrogen) atoms. The molecule has 0 aliphatic heterocycles. The lowest BCUT2D eigenvalue weighted by Crippen LogP contribution is -2.23. The maximum Gasteiger partial charge on any atom is 0.0828 e. The summed E-state index contributed by atoms with van der Waals surface area (Å²) in [6, 6.07) is 1.88. The quantitative estimate of drug-likeness (QED) is 0.469. The van der Waals surface area contributed by atoms with Gasteiger partial charge in [0.1, 0.15) is 0 Å². The Morgan fingerprint density at radius 1 is 1.40 bits per heavy atom. The molecule has 1 aromatic heterocycles. The molecule has 82 valence electrons. The van der Waals surface area contributed by atoms with Crippen molar-refractivity contribution >= 4 is 5.71 Å². The molecule has 0 aromatic carbocycles. The molecule has 2 rings (SSSR count). The second-order valence-corrected chi connectivity index (χ2v) is 4.13. The van der Waals surface area contributed by atoms with Crippen LogP contribution in [0, 0.1) is 5.92 Å². The fourth-order valence-corrected chi connectivity index (χ4v) is 2.24. The Balaban J connectivity index is 1.98. The van der Waals surface area contributed by atoms with Crippen LogP contribution in [-0.2, 0) is 6.54 Å². The van der Waals surface area contributed by atoms with Gasteiger partial charge >= 0.3 is 0 Å². The summed E-state index contributed by atoms with van der Waals surface area (Å²) in [4.78, 5) is 0. The zero-order valence-corrected chi connectivity index (χ0v) is 8.84. The van der Waals surface area contributed by atoms with Gasteiger partial charge in [-0.15, -0.1) is 0 Å². The van der Waals surface area contributed by atoms with Gasteiger partial charge in [0.2, 0.25) is 0 Å². The third-order valence-electron chi connectivity index (χ3n) is 3.09. The molecule has 1 saturated carbocycles. The largest absolute Gasteiger partial charge is 0.411 e. The lowest BCUT2D eigenvalue weighted by molar-refractivity contribution is 0.306. The van der Waals surface area contributed by atoms with Crippen molar-refractivity contribution in [2.45, 2.75) is 38.6 Å². The second kappa shape index (κ2) is 4.96. The van der Waals surface area contributed by atoms with Gasteiger partial charge in [0.05, 0.1) is 12.3 Å². The van der Waals surface area contributed by atoms with Gasteiger partial charge in [0.15, 0.2) is 0 Å². The molecule has 1 heterocycles.